The van der Waals surface area contributed by atoms with Crippen LogP contribution >= 0.6 is 0 Å². The number of hydrogen-bond donors (Lipinski definition) is 2. The highest BCUT2D eigenvalue weighted by molar-refractivity contribution is 5.87. The van der Waals surface area contributed by atoms with Gasteiger partial charge in [0.25, 0.3) is 0 Å². The Morgan fingerprint density at radius 1 is 1.44 bits per heavy atom. The second kappa shape index (κ2) is 6.73. The van der Waals surface area contributed by atoms with Crippen molar-refractivity contribution >= 4 is 11.9 Å². The fraction of sp³-hybridized carbons (Fsp3) is 0.846. The summed E-state index contributed by atoms with van der Waals surface area (Å²) in [7, 11) is 1.35. The van der Waals surface area contributed by atoms with Crippen LogP contribution in [0.3, 0.4) is 0 Å². The van der Waals surface area contributed by atoms with Gasteiger partial charge < -0.3 is 15.4 Å². The first-order valence-electron chi connectivity index (χ1n) is 6.57. The second-order valence-corrected chi connectivity index (χ2v) is 5.41. The molecule has 104 valence electrons. The molecule has 2 N–H and O–H groups in total. The largest absolute Gasteiger partial charge is 0.467 e. The summed E-state index contributed by atoms with van der Waals surface area (Å²) < 4.78 is 4.73. The molecule has 5 nitrogen and oxygen atoms in total. The van der Waals surface area contributed by atoms with Crippen molar-refractivity contribution in [3.05, 3.63) is 0 Å². The predicted molar refractivity (Wildman–Crippen MR) is 69.0 cm³/mol. The maximum atomic E-state index is 12.1. The third-order valence-electron chi connectivity index (χ3n) is 3.32. The van der Waals surface area contributed by atoms with E-state index in [1.807, 2.05) is 20.8 Å². The van der Waals surface area contributed by atoms with Gasteiger partial charge in [-0.3, -0.25) is 4.79 Å². The van der Waals surface area contributed by atoms with Gasteiger partial charge in [0.1, 0.15) is 6.04 Å². The topological polar surface area (TPSA) is 67.4 Å². The zero-order valence-corrected chi connectivity index (χ0v) is 11.7. The molecule has 3 atom stereocenters. The van der Waals surface area contributed by atoms with Gasteiger partial charge in [-0.1, -0.05) is 20.8 Å². The summed E-state index contributed by atoms with van der Waals surface area (Å²) in [5, 5.41) is 5.95. The number of esters is 1. The molecule has 0 aromatic heterocycles. The molecule has 18 heavy (non-hydrogen) atoms. The third kappa shape index (κ3) is 3.98. The van der Waals surface area contributed by atoms with E-state index in [2.05, 4.69) is 10.6 Å². The van der Waals surface area contributed by atoms with Crippen LogP contribution in [0.15, 0.2) is 0 Å². The standard InChI is InChI=1S/C13H24N2O3/c1-8(2)7-10(13(17)18-4)15-12(16)11-9(3)5-6-14-11/h8-11,14H,5-7H2,1-4H3,(H,15,16)/t9?,10-,11?/m0/s1. The van der Waals surface area contributed by atoms with Gasteiger partial charge in [0.05, 0.1) is 13.2 Å². The second-order valence-electron chi connectivity index (χ2n) is 5.41. The molecule has 5 heteroatoms. The van der Waals surface area contributed by atoms with E-state index >= 15 is 0 Å². The highest BCUT2D eigenvalue weighted by atomic mass is 16.5. The minimum absolute atomic E-state index is 0.101. The number of nitrogens with one attached hydrogen (secondary N) is 2. The lowest BCUT2D eigenvalue weighted by molar-refractivity contribution is -0.145. The fourth-order valence-electron chi connectivity index (χ4n) is 2.27. The molecule has 0 aliphatic carbocycles. The predicted octanol–water partition coefficient (Wildman–Crippen LogP) is 0.688. The summed E-state index contributed by atoms with van der Waals surface area (Å²) in [6.07, 6.45) is 1.59. The lowest BCUT2D eigenvalue weighted by atomic mass is 10.0. The zero-order valence-electron chi connectivity index (χ0n) is 11.7. The van der Waals surface area contributed by atoms with Crippen molar-refractivity contribution in [1.29, 1.82) is 0 Å². The van der Waals surface area contributed by atoms with Gasteiger partial charge in [-0.05, 0) is 31.2 Å². The highest BCUT2D eigenvalue weighted by Gasteiger charge is 2.32. The number of hydrogen-bond acceptors (Lipinski definition) is 4. The molecule has 2 unspecified atom stereocenters. The molecule has 0 radical (unpaired) electrons. The maximum Gasteiger partial charge on any atom is 0.328 e. The van der Waals surface area contributed by atoms with Crippen molar-refractivity contribution in [2.75, 3.05) is 13.7 Å². The molecule has 1 rings (SSSR count). The van der Waals surface area contributed by atoms with Crippen molar-refractivity contribution in [1.82, 2.24) is 10.6 Å². The van der Waals surface area contributed by atoms with Gasteiger partial charge in [0.2, 0.25) is 5.91 Å². The Morgan fingerprint density at radius 3 is 2.56 bits per heavy atom. The van der Waals surface area contributed by atoms with E-state index in [0.29, 0.717) is 18.3 Å². The van der Waals surface area contributed by atoms with Crippen molar-refractivity contribution in [2.24, 2.45) is 11.8 Å². The molecule has 0 bridgehead atoms. The summed E-state index contributed by atoms with van der Waals surface area (Å²) in [5.41, 5.74) is 0. The molecule has 0 saturated carbocycles. The SMILES string of the molecule is COC(=O)[C@H](CC(C)C)NC(=O)C1NCCC1C. The Bertz CT molecular complexity index is 305. The number of methoxy groups -OCH3 is 1. The van der Waals surface area contributed by atoms with Gasteiger partial charge in [-0.2, -0.15) is 0 Å². The Morgan fingerprint density at radius 2 is 2.11 bits per heavy atom. The molecular formula is C13H24N2O3. The van der Waals surface area contributed by atoms with Crippen molar-refractivity contribution < 1.29 is 14.3 Å². The number of carbonyl (C=O) groups excluding carboxylic acids is 2. The average molecular weight is 256 g/mol. The Kier molecular flexibility index (Phi) is 5.59. The zero-order chi connectivity index (χ0) is 13.7. The smallest absolute Gasteiger partial charge is 0.328 e. The van der Waals surface area contributed by atoms with Crippen LogP contribution in [0.2, 0.25) is 0 Å². The quantitative estimate of drug-likeness (QED) is 0.710. The first kappa shape index (κ1) is 15.0. The summed E-state index contributed by atoms with van der Waals surface area (Å²) in [4.78, 5) is 23.7. The van der Waals surface area contributed by atoms with Crippen LogP contribution in [0.25, 0.3) is 0 Å². The molecule has 1 amide bonds. The molecule has 1 aliphatic heterocycles. The molecule has 1 saturated heterocycles. The van der Waals surface area contributed by atoms with E-state index in [4.69, 9.17) is 4.74 Å². The van der Waals surface area contributed by atoms with Gasteiger partial charge in [0.15, 0.2) is 0 Å². The monoisotopic (exact) mass is 256 g/mol. The van der Waals surface area contributed by atoms with Crippen LogP contribution in [0.4, 0.5) is 0 Å². The third-order valence-corrected chi connectivity index (χ3v) is 3.32. The van der Waals surface area contributed by atoms with E-state index in [1.165, 1.54) is 7.11 Å². The van der Waals surface area contributed by atoms with Crippen LogP contribution in [-0.2, 0) is 14.3 Å². The van der Waals surface area contributed by atoms with Crippen LogP contribution in [0.1, 0.15) is 33.6 Å². The van der Waals surface area contributed by atoms with E-state index in [-0.39, 0.29) is 17.9 Å². The van der Waals surface area contributed by atoms with E-state index < -0.39 is 6.04 Å². The van der Waals surface area contributed by atoms with E-state index in [9.17, 15) is 9.59 Å². The Balaban J connectivity index is 2.59. The van der Waals surface area contributed by atoms with Gasteiger partial charge >= 0.3 is 5.97 Å². The lowest BCUT2D eigenvalue weighted by Gasteiger charge is -2.22. The van der Waals surface area contributed by atoms with E-state index in [1.54, 1.807) is 0 Å². The van der Waals surface area contributed by atoms with Crippen LogP contribution in [0, 0.1) is 11.8 Å². The highest BCUT2D eigenvalue weighted by Crippen LogP contribution is 2.15. The minimum atomic E-state index is -0.544. The van der Waals surface area contributed by atoms with Gasteiger partial charge in [-0.25, -0.2) is 4.79 Å². The van der Waals surface area contributed by atoms with Gasteiger partial charge in [-0.15, -0.1) is 0 Å². The molecule has 0 spiro atoms. The Labute approximate surface area is 109 Å². The summed E-state index contributed by atoms with van der Waals surface area (Å²) in [6.45, 7) is 6.92. The summed E-state index contributed by atoms with van der Waals surface area (Å²) in [5.74, 6) is 0.157. The maximum absolute atomic E-state index is 12.1. The van der Waals surface area contributed by atoms with Crippen LogP contribution in [-0.4, -0.2) is 37.6 Å². The molecule has 1 fully saturated rings. The molecule has 1 aliphatic rings. The fourth-order valence-corrected chi connectivity index (χ4v) is 2.27. The van der Waals surface area contributed by atoms with Crippen LogP contribution in [0.5, 0.6) is 0 Å². The van der Waals surface area contributed by atoms with Gasteiger partial charge in [0, 0.05) is 0 Å². The normalized spacial score (nSPS) is 24.9. The number of ether oxygens (including phenoxy) is 1. The minimum Gasteiger partial charge on any atom is -0.467 e. The summed E-state index contributed by atoms with van der Waals surface area (Å²) in [6, 6.07) is -0.735. The summed E-state index contributed by atoms with van der Waals surface area (Å²) >= 11 is 0. The van der Waals surface area contributed by atoms with Crippen molar-refractivity contribution in [3.8, 4) is 0 Å². The Hall–Kier alpha value is -1.10. The molecule has 0 aromatic rings. The van der Waals surface area contributed by atoms with Crippen molar-refractivity contribution in [2.45, 2.75) is 45.7 Å². The first-order valence-corrected chi connectivity index (χ1v) is 6.57. The van der Waals surface area contributed by atoms with E-state index in [0.717, 1.165) is 13.0 Å². The number of carbonyl (C=O) groups is 2. The lowest BCUT2D eigenvalue weighted by Crippen LogP contribution is -2.50. The number of rotatable bonds is 5. The van der Waals surface area contributed by atoms with Crippen molar-refractivity contribution in [3.63, 3.8) is 0 Å². The average Bonchev–Trinajstić information content (AvgIpc) is 2.73. The first-order chi connectivity index (χ1) is 8.45. The van der Waals surface area contributed by atoms with Crippen LogP contribution < -0.4 is 10.6 Å². The molecule has 0 aromatic carbocycles. The number of amides is 1. The molecule has 1 heterocycles. The molecular weight excluding hydrogens is 232 g/mol.